The number of epoxide rings is 1. The van der Waals surface area contributed by atoms with Crippen LogP contribution < -0.4 is 0 Å². The number of ketones is 1. The summed E-state index contributed by atoms with van der Waals surface area (Å²) in [5.41, 5.74) is 1.03. The average Bonchev–Trinajstić information content (AvgIpc) is 3.16. The van der Waals surface area contributed by atoms with Crippen molar-refractivity contribution >= 4 is 11.8 Å². The first-order chi connectivity index (χ1) is 14.2. The molecule has 2 unspecified atom stereocenters. The normalized spacial score (nSPS) is 52.9. The third kappa shape index (κ3) is 2.31. The zero-order valence-electron chi connectivity index (χ0n) is 18.5. The topological polar surface area (TPSA) is 85.4 Å². The molecular weight excluding hydrogens is 384 g/mol. The Morgan fingerprint density at radius 3 is 2.57 bits per heavy atom. The third-order valence-corrected chi connectivity index (χ3v) is 9.99. The van der Waals surface area contributed by atoms with E-state index in [4.69, 9.17) is 14.7 Å². The summed E-state index contributed by atoms with van der Waals surface area (Å²) < 4.78 is 12.7. The van der Waals surface area contributed by atoms with Gasteiger partial charge in [-0.25, -0.2) is 4.89 Å². The molecule has 6 heteroatoms. The van der Waals surface area contributed by atoms with Crippen LogP contribution in [0.4, 0.5) is 0 Å². The minimum Gasteiger partial charge on any atom is -0.458 e. The molecule has 30 heavy (non-hydrogen) atoms. The monoisotopic (exact) mass is 418 g/mol. The second kappa shape index (κ2) is 6.39. The van der Waals surface area contributed by atoms with E-state index in [1.807, 2.05) is 6.08 Å². The quantitative estimate of drug-likeness (QED) is 0.276. The lowest BCUT2D eigenvalue weighted by atomic mass is 9.44. The molecule has 0 aromatic rings. The Balaban J connectivity index is 0.000000609. The molecule has 2 heterocycles. The molecular formula is C24H34O6. The number of hydrogen-bond donors (Lipinski definition) is 1. The van der Waals surface area contributed by atoms with Crippen LogP contribution in [-0.4, -0.2) is 41.4 Å². The van der Waals surface area contributed by atoms with Crippen LogP contribution in [0.5, 0.6) is 0 Å². The standard InChI is InChI=1S/C23H30O4.CH4O2/c1-13-10-14-11-15(24)4-7-20(14,2)23-17(26-23)12-21(3)16(19(13)23)5-8-22(21)9-6-18(25)27-22;1-3-2/h11,13,16-17,19H,4-10,12H2,1-3H3;2H,1H3/t13-,16?,17-,19?,20+,21+,22-,23-;/m1./s1. The van der Waals surface area contributed by atoms with Gasteiger partial charge in [0.1, 0.15) is 11.2 Å². The number of hydrogen-bond acceptors (Lipinski definition) is 6. The molecule has 166 valence electrons. The number of carbonyl (C=O) groups excluding carboxylic acids is 2. The summed E-state index contributed by atoms with van der Waals surface area (Å²) in [5.74, 6) is 1.85. The van der Waals surface area contributed by atoms with Crippen LogP contribution in [0.15, 0.2) is 11.6 Å². The molecule has 8 atom stereocenters. The molecule has 6 rings (SSSR count). The first-order valence-corrected chi connectivity index (χ1v) is 11.5. The molecule has 2 aliphatic heterocycles. The van der Waals surface area contributed by atoms with E-state index in [1.54, 1.807) is 0 Å². The zero-order chi connectivity index (χ0) is 21.5. The molecule has 2 saturated heterocycles. The van der Waals surface area contributed by atoms with Gasteiger partial charge in [-0.15, -0.1) is 0 Å². The van der Waals surface area contributed by atoms with Gasteiger partial charge in [0.25, 0.3) is 0 Å². The molecule has 0 bridgehead atoms. The Labute approximate surface area is 178 Å². The van der Waals surface area contributed by atoms with Crippen LogP contribution in [-0.2, 0) is 24.0 Å². The fourth-order valence-electron chi connectivity index (χ4n) is 8.65. The lowest BCUT2D eigenvalue weighted by Gasteiger charge is -2.58. The molecule has 0 radical (unpaired) electrons. The van der Waals surface area contributed by atoms with Gasteiger partial charge in [0.2, 0.25) is 0 Å². The average molecular weight is 419 g/mol. The molecule has 2 spiro atoms. The van der Waals surface area contributed by atoms with Crippen LogP contribution in [0, 0.1) is 28.6 Å². The number of ether oxygens (including phenoxy) is 2. The summed E-state index contributed by atoms with van der Waals surface area (Å²) in [6.07, 6.45) is 9.43. The van der Waals surface area contributed by atoms with E-state index < -0.39 is 0 Å². The molecule has 1 N–H and O–H groups in total. The number of rotatable bonds is 0. The fraction of sp³-hybridized carbons (Fsp3) is 0.833. The first-order valence-electron chi connectivity index (χ1n) is 11.5. The largest absolute Gasteiger partial charge is 0.458 e. The minimum absolute atomic E-state index is 0.00614. The smallest absolute Gasteiger partial charge is 0.306 e. The Bertz CT molecular complexity index is 821. The lowest BCUT2D eigenvalue weighted by molar-refractivity contribution is -0.214. The summed E-state index contributed by atoms with van der Waals surface area (Å²) >= 11 is 0. The maximum atomic E-state index is 12.1. The second-order valence-electron chi connectivity index (χ2n) is 11.0. The van der Waals surface area contributed by atoms with Gasteiger partial charge >= 0.3 is 5.97 Å². The van der Waals surface area contributed by atoms with Crippen LogP contribution >= 0.6 is 0 Å². The van der Waals surface area contributed by atoms with Gasteiger partial charge in [-0.3, -0.25) is 14.8 Å². The number of carbonyl (C=O) groups is 2. The number of esters is 1. The highest BCUT2D eigenvalue weighted by Crippen LogP contribution is 2.78. The van der Waals surface area contributed by atoms with Gasteiger partial charge in [-0.1, -0.05) is 26.3 Å². The van der Waals surface area contributed by atoms with Crippen LogP contribution in [0.2, 0.25) is 0 Å². The third-order valence-electron chi connectivity index (χ3n) is 9.99. The predicted octanol–water partition coefficient (Wildman–Crippen LogP) is 4.08. The van der Waals surface area contributed by atoms with E-state index >= 15 is 0 Å². The molecule has 0 amide bonds. The Hall–Kier alpha value is -1.24. The van der Waals surface area contributed by atoms with E-state index in [0.717, 1.165) is 38.5 Å². The van der Waals surface area contributed by atoms with E-state index in [9.17, 15) is 9.59 Å². The zero-order valence-corrected chi connectivity index (χ0v) is 18.5. The van der Waals surface area contributed by atoms with Gasteiger partial charge in [-0.2, -0.15) is 0 Å². The van der Waals surface area contributed by atoms with Crippen molar-refractivity contribution in [3.8, 4) is 0 Å². The van der Waals surface area contributed by atoms with Crippen LogP contribution in [0.25, 0.3) is 0 Å². The van der Waals surface area contributed by atoms with E-state index in [1.165, 1.54) is 12.7 Å². The summed E-state index contributed by atoms with van der Waals surface area (Å²) in [7, 11) is 1.18. The minimum atomic E-state index is -0.258. The van der Waals surface area contributed by atoms with Gasteiger partial charge in [0.15, 0.2) is 5.78 Å². The molecule has 5 fully saturated rings. The highest BCUT2D eigenvalue weighted by Gasteiger charge is 2.82. The van der Waals surface area contributed by atoms with Crippen molar-refractivity contribution in [2.75, 3.05) is 7.11 Å². The highest BCUT2D eigenvalue weighted by molar-refractivity contribution is 5.92. The molecule has 6 nitrogen and oxygen atoms in total. The van der Waals surface area contributed by atoms with E-state index in [0.29, 0.717) is 36.4 Å². The summed E-state index contributed by atoms with van der Waals surface area (Å²) in [4.78, 5) is 27.4. The first kappa shape index (κ1) is 20.7. The molecule has 0 aromatic heterocycles. The van der Waals surface area contributed by atoms with E-state index in [-0.39, 0.29) is 34.1 Å². The van der Waals surface area contributed by atoms with Crippen molar-refractivity contribution in [1.82, 2.24) is 0 Å². The second-order valence-corrected chi connectivity index (χ2v) is 11.0. The Morgan fingerprint density at radius 1 is 1.17 bits per heavy atom. The van der Waals surface area contributed by atoms with Gasteiger partial charge < -0.3 is 9.47 Å². The predicted molar refractivity (Wildman–Crippen MR) is 108 cm³/mol. The van der Waals surface area contributed by atoms with Crippen molar-refractivity contribution in [3.63, 3.8) is 0 Å². The van der Waals surface area contributed by atoms with Crippen molar-refractivity contribution in [1.29, 1.82) is 0 Å². The lowest BCUT2D eigenvalue weighted by Crippen LogP contribution is -2.61. The van der Waals surface area contributed by atoms with Crippen molar-refractivity contribution in [2.24, 2.45) is 28.6 Å². The molecule has 6 aliphatic rings. The Morgan fingerprint density at radius 2 is 1.90 bits per heavy atom. The van der Waals surface area contributed by atoms with E-state index in [2.05, 4.69) is 25.7 Å². The van der Waals surface area contributed by atoms with Crippen molar-refractivity contribution in [3.05, 3.63) is 11.6 Å². The SMILES string of the molecule is COO.C[C@@H]1CC2=CC(=O)CC[C@]2(C)[C@@]23O[C@@H]2C[C@@]2(C)C(CC[C@@]24CCC(=O)O4)C13. The maximum absolute atomic E-state index is 12.1. The summed E-state index contributed by atoms with van der Waals surface area (Å²) in [6, 6.07) is 0. The maximum Gasteiger partial charge on any atom is 0.306 e. The fourth-order valence-corrected chi connectivity index (χ4v) is 8.65. The van der Waals surface area contributed by atoms with Gasteiger partial charge in [0.05, 0.1) is 13.2 Å². The summed E-state index contributed by atoms with van der Waals surface area (Å²) in [6.45, 7) is 7.12. The molecule has 3 saturated carbocycles. The summed E-state index contributed by atoms with van der Waals surface area (Å²) in [5, 5.41) is 7.07. The van der Waals surface area contributed by atoms with Crippen LogP contribution in [0.3, 0.4) is 0 Å². The molecule has 4 aliphatic carbocycles. The molecule has 0 aromatic carbocycles. The van der Waals surface area contributed by atoms with Crippen molar-refractivity contribution < 1.29 is 29.2 Å². The Kier molecular flexibility index (Phi) is 4.40. The highest BCUT2D eigenvalue weighted by atomic mass is 17.1. The van der Waals surface area contributed by atoms with Gasteiger partial charge in [0, 0.05) is 23.7 Å². The number of fused-ring (bicyclic) bond motifs is 4. The van der Waals surface area contributed by atoms with Crippen LogP contribution in [0.1, 0.15) is 72.1 Å². The van der Waals surface area contributed by atoms with Crippen molar-refractivity contribution in [2.45, 2.75) is 89.4 Å². The van der Waals surface area contributed by atoms with Gasteiger partial charge in [-0.05, 0) is 62.4 Å².